The fourth-order valence-corrected chi connectivity index (χ4v) is 5.03. The van der Waals surface area contributed by atoms with Crippen molar-refractivity contribution in [2.24, 2.45) is 23.0 Å². The first-order chi connectivity index (χ1) is 13.5. The first-order valence-electron chi connectivity index (χ1n) is 8.58. The van der Waals surface area contributed by atoms with Gasteiger partial charge in [-0.3, -0.25) is 4.79 Å². The zero-order valence-electron chi connectivity index (χ0n) is 14.9. The lowest BCUT2D eigenvalue weighted by Gasteiger charge is -2.45. The molecule has 1 saturated carbocycles. The van der Waals surface area contributed by atoms with Crippen molar-refractivity contribution in [3.05, 3.63) is 41.5 Å². The second-order valence-electron chi connectivity index (χ2n) is 6.66. The molecule has 1 heterocycles. The highest BCUT2D eigenvalue weighted by Crippen LogP contribution is 2.54. The summed E-state index contributed by atoms with van der Waals surface area (Å²) in [5, 5.41) is 38.1. The van der Waals surface area contributed by atoms with Crippen molar-refractivity contribution >= 4 is 23.4 Å². The summed E-state index contributed by atoms with van der Waals surface area (Å²) in [7, 11) is 0. The average molecular weight is 391 g/mol. The number of fused-ring (bicyclic) bond motifs is 1. The molecule has 3 rings (SSSR count). The zero-order valence-corrected chi connectivity index (χ0v) is 15.7. The van der Waals surface area contributed by atoms with E-state index in [4.69, 9.17) is 15.9 Å². The van der Waals surface area contributed by atoms with Gasteiger partial charge in [-0.2, -0.15) is 27.5 Å². The van der Waals surface area contributed by atoms with Crippen LogP contribution < -0.4 is 10.5 Å². The molecule has 140 valence electrons. The van der Waals surface area contributed by atoms with Gasteiger partial charge >= 0.3 is 0 Å². The molecule has 1 amide bonds. The molecule has 0 radical (unpaired) electrons. The molecule has 1 aliphatic heterocycles. The number of thioether (sulfide) groups is 1. The lowest BCUT2D eigenvalue weighted by Crippen LogP contribution is -2.49. The largest absolute Gasteiger partial charge is 0.484 e. The molecule has 1 aromatic carbocycles. The molecule has 0 aromatic heterocycles. The van der Waals surface area contributed by atoms with E-state index in [0.29, 0.717) is 17.1 Å². The number of amides is 1. The number of nitrogens with two attached hydrogens (primary N) is 1. The van der Waals surface area contributed by atoms with Crippen molar-refractivity contribution < 1.29 is 9.53 Å². The van der Waals surface area contributed by atoms with Crippen molar-refractivity contribution in [1.29, 1.82) is 21.2 Å². The monoisotopic (exact) mass is 391 g/mol. The molecule has 8 heteroatoms. The third-order valence-corrected chi connectivity index (χ3v) is 6.16. The van der Waals surface area contributed by atoms with Crippen LogP contribution in [-0.2, 0) is 4.79 Å². The number of carbonyl (C=O) groups is 1. The van der Waals surface area contributed by atoms with E-state index < -0.39 is 23.2 Å². The Balaban J connectivity index is 2.14. The number of nitrogens with zero attached hydrogens (tertiary/aromatic N) is 3. The van der Waals surface area contributed by atoms with Crippen LogP contribution in [0.1, 0.15) is 11.5 Å². The summed E-state index contributed by atoms with van der Waals surface area (Å²) in [5.41, 5.74) is 4.66. The normalized spacial score (nSPS) is 25.2. The Bertz CT molecular complexity index is 968. The predicted octanol–water partition coefficient (Wildman–Crippen LogP) is 2.13. The van der Waals surface area contributed by atoms with Crippen LogP contribution in [0.25, 0.3) is 0 Å². The van der Waals surface area contributed by atoms with Gasteiger partial charge in [0, 0.05) is 23.3 Å². The van der Waals surface area contributed by atoms with E-state index in [1.165, 1.54) is 0 Å². The molecule has 1 aromatic rings. The number of nitrogens with one attached hydrogen (secondary N) is 1. The number of ether oxygens (including phenoxy) is 1. The van der Waals surface area contributed by atoms with Gasteiger partial charge in [-0.25, -0.2) is 0 Å². The number of rotatable bonds is 4. The van der Waals surface area contributed by atoms with Gasteiger partial charge in [0.25, 0.3) is 5.91 Å². The van der Waals surface area contributed by atoms with E-state index in [2.05, 4.69) is 6.07 Å². The van der Waals surface area contributed by atoms with Gasteiger partial charge in [0.05, 0.1) is 23.9 Å². The average Bonchev–Trinajstić information content (AvgIpc) is 2.71. The minimum absolute atomic E-state index is 0.178. The van der Waals surface area contributed by atoms with Crippen LogP contribution >= 0.6 is 11.8 Å². The molecule has 1 fully saturated rings. The van der Waals surface area contributed by atoms with Gasteiger partial charge in [0.2, 0.25) is 0 Å². The van der Waals surface area contributed by atoms with E-state index in [9.17, 15) is 20.6 Å². The Kier molecular flexibility index (Phi) is 5.40. The van der Waals surface area contributed by atoms with Gasteiger partial charge in [0.15, 0.2) is 12.0 Å². The molecule has 0 saturated heterocycles. The molecule has 3 atom stereocenters. The number of hydrogen-bond donors (Lipinski definition) is 2. The Morgan fingerprint density at radius 1 is 1.36 bits per heavy atom. The summed E-state index contributed by atoms with van der Waals surface area (Å²) in [6.45, 7) is -0.285. The lowest BCUT2D eigenvalue weighted by molar-refractivity contribution is -0.119. The van der Waals surface area contributed by atoms with Crippen LogP contribution in [0.3, 0.4) is 0 Å². The number of nitriles is 3. The smallest absolute Gasteiger partial charge is 0.255 e. The Labute approximate surface area is 166 Å². The van der Waals surface area contributed by atoms with Crippen LogP contribution in [0.5, 0.6) is 5.75 Å². The van der Waals surface area contributed by atoms with Crippen LogP contribution in [-0.4, -0.2) is 29.7 Å². The summed E-state index contributed by atoms with van der Waals surface area (Å²) in [6.07, 6.45) is 1.94. The molecule has 7 nitrogen and oxygen atoms in total. The van der Waals surface area contributed by atoms with Gasteiger partial charge in [0.1, 0.15) is 11.7 Å². The fourth-order valence-electron chi connectivity index (χ4n) is 3.94. The van der Waals surface area contributed by atoms with E-state index in [1.54, 1.807) is 36.0 Å². The number of carbonyl (C=O) groups excluding carboxylic acids is 1. The number of hydrogen-bond acceptors (Lipinski definition) is 7. The molecule has 0 unspecified atom stereocenters. The Morgan fingerprint density at radius 2 is 2.11 bits per heavy atom. The summed E-state index contributed by atoms with van der Waals surface area (Å²) in [5.74, 6) is -0.533. The SMILES string of the molecule is N#C[C@H]1C(=N)C(C#N)(C#N)[C@@H](c2cccc(OCC(N)=O)c2)[C@H]2CSCC=C12. The molecule has 0 bridgehead atoms. The minimum Gasteiger partial charge on any atom is -0.484 e. The van der Waals surface area contributed by atoms with Crippen molar-refractivity contribution in [2.75, 3.05) is 18.1 Å². The Hall–Kier alpha value is -3.28. The molecular formula is C20H17N5O2S. The van der Waals surface area contributed by atoms with E-state index in [-0.39, 0.29) is 18.2 Å². The maximum atomic E-state index is 11.0. The van der Waals surface area contributed by atoms with Crippen molar-refractivity contribution in [3.8, 4) is 24.0 Å². The van der Waals surface area contributed by atoms with Crippen LogP contribution in [0, 0.1) is 56.7 Å². The summed E-state index contributed by atoms with van der Waals surface area (Å²) < 4.78 is 5.37. The quantitative estimate of drug-likeness (QED) is 0.751. The third-order valence-electron chi connectivity index (χ3n) is 5.16. The minimum atomic E-state index is -1.75. The number of benzene rings is 1. The topological polar surface area (TPSA) is 148 Å². The van der Waals surface area contributed by atoms with E-state index in [0.717, 1.165) is 11.3 Å². The van der Waals surface area contributed by atoms with Gasteiger partial charge < -0.3 is 15.9 Å². The highest BCUT2D eigenvalue weighted by molar-refractivity contribution is 7.99. The van der Waals surface area contributed by atoms with Gasteiger partial charge in [-0.15, -0.1) is 0 Å². The molecule has 1 aliphatic carbocycles. The number of primary amides is 1. The predicted molar refractivity (Wildman–Crippen MR) is 103 cm³/mol. The van der Waals surface area contributed by atoms with Gasteiger partial charge in [-0.05, 0) is 23.3 Å². The second-order valence-corrected chi connectivity index (χ2v) is 7.74. The Morgan fingerprint density at radius 3 is 2.75 bits per heavy atom. The number of allylic oxidation sites excluding steroid dienone is 1. The van der Waals surface area contributed by atoms with Crippen molar-refractivity contribution in [3.63, 3.8) is 0 Å². The summed E-state index contributed by atoms with van der Waals surface area (Å²) >= 11 is 1.67. The summed E-state index contributed by atoms with van der Waals surface area (Å²) in [4.78, 5) is 11.0. The third kappa shape index (κ3) is 3.11. The molecule has 2 aliphatic rings. The van der Waals surface area contributed by atoms with Gasteiger partial charge in [-0.1, -0.05) is 18.2 Å². The van der Waals surface area contributed by atoms with Crippen LogP contribution in [0.2, 0.25) is 0 Å². The molecule has 3 N–H and O–H groups in total. The van der Waals surface area contributed by atoms with E-state index >= 15 is 0 Å². The lowest BCUT2D eigenvalue weighted by atomic mass is 9.55. The molecular weight excluding hydrogens is 374 g/mol. The fraction of sp³-hybridized carbons (Fsp3) is 0.350. The first kappa shape index (κ1) is 19.5. The summed E-state index contributed by atoms with van der Waals surface area (Å²) in [6, 6.07) is 13.0. The van der Waals surface area contributed by atoms with Crippen molar-refractivity contribution in [2.45, 2.75) is 5.92 Å². The van der Waals surface area contributed by atoms with Crippen LogP contribution in [0.15, 0.2) is 35.9 Å². The highest BCUT2D eigenvalue weighted by Gasteiger charge is 2.57. The molecule has 28 heavy (non-hydrogen) atoms. The first-order valence-corrected chi connectivity index (χ1v) is 9.73. The maximum absolute atomic E-state index is 11.0. The zero-order chi connectivity index (χ0) is 20.3. The maximum Gasteiger partial charge on any atom is 0.255 e. The second kappa shape index (κ2) is 7.76. The standard InChI is InChI=1S/C20H17N5O2S/c21-7-15-14-4-5-28-9-16(14)18(20(10-22,11-23)19(15)25)12-2-1-3-13(6-12)27-8-17(24)26/h1-4,6,15-16,18,25H,5,8-9H2,(H2,24,26)/t15-,16+,18+/m1/s1. The van der Waals surface area contributed by atoms with Crippen molar-refractivity contribution in [1.82, 2.24) is 0 Å². The molecule has 0 spiro atoms. The van der Waals surface area contributed by atoms with E-state index in [1.807, 2.05) is 18.2 Å². The highest BCUT2D eigenvalue weighted by atomic mass is 32.2. The van der Waals surface area contributed by atoms with Crippen LogP contribution in [0.4, 0.5) is 0 Å².